The van der Waals surface area contributed by atoms with E-state index in [1.807, 2.05) is 18.2 Å². The Hall–Kier alpha value is -4.62. The molecule has 7 bridgehead atoms. The number of piperidine rings is 1. The van der Waals surface area contributed by atoms with E-state index >= 15 is 8.78 Å². The maximum atomic E-state index is 15.0. The normalized spacial score (nSPS) is 26.8. The first kappa shape index (κ1) is 31.0. The molecule has 7 rings (SSSR count). The molecule has 5 heterocycles. The molecule has 47 heavy (non-hydrogen) atoms. The number of carbonyl (C=O) groups excluding carboxylic acids is 3. The van der Waals surface area contributed by atoms with E-state index in [1.165, 1.54) is 11.1 Å². The van der Waals surface area contributed by atoms with Crippen molar-refractivity contribution in [2.45, 2.75) is 49.6 Å². The number of fused-ring (bicyclic) bond motifs is 4. The first-order valence-electron chi connectivity index (χ1n) is 15.5. The minimum Gasteiger partial charge on any atom is -0.377 e. The van der Waals surface area contributed by atoms with E-state index in [2.05, 4.69) is 20.6 Å². The highest BCUT2D eigenvalue weighted by Gasteiger charge is 2.52. The summed E-state index contributed by atoms with van der Waals surface area (Å²) in [7, 11) is 0. The fourth-order valence-corrected chi connectivity index (χ4v) is 7.19. The molecular weight excluding hydrogens is 615 g/mol. The molecular formula is C34H32F3N5O5. The Kier molecular flexibility index (Phi) is 8.04. The molecule has 1 saturated heterocycles. The molecule has 4 atom stereocenters. The lowest BCUT2D eigenvalue weighted by Crippen LogP contribution is -2.58. The number of hydrogen-bond donors (Lipinski definition) is 2. The van der Waals surface area contributed by atoms with Crippen molar-refractivity contribution < 1.29 is 37.0 Å². The first-order chi connectivity index (χ1) is 22.7. The molecule has 0 radical (unpaired) electrons. The SMILES string of the molecule is C[C@@H]1[C@H](c2c(F)ccc(F)c2F)C[C@@H]2NC(=O)c3cnc4c(c3)C[C@@]3(C4)C(=O)Nc4ncc(cc43)/C=C\COCCOCCN1C2=O. The van der Waals surface area contributed by atoms with Gasteiger partial charge in [0.2, 0.25) is 11.8 Å². The van der Waals surface area contributed by atoms with Crippen molar-refractivity contribution in [3.8, 4) is 0 Å². The van der Waals surface area contributed by atoms with E-state index in [0.29, 0.717) is 42.6 Å². The summed E-state index contributed by atoms with van der Waals surface area (Å²) in [5.41, 5.74) is 1.68. The molecule has 4 aliphatic rings. The third kappa shape index (κ3) is 5.46. The highest BCUT2D eigenvalue weighted by atomic mass is 19.2. The van der Waals surface area contributed by atoms with Crippen molar-refractivity contribution in [2.24, 2.45) is 0 Å². The van der Waals surface area contributed by atoms with Gasteiger partial charge < -0.3 is 25.0 Å². The zero-order valence-electron chi connectivity index (χ0n) is 25.5. The van der Waals surface area contributed by atoms with Gasteiger partial charge in [0.05, 0.1) is 37.4 Å². The van der Waals surface area contributed by atoms with Crippen LogP contribution in [-0.4, -0.2) is 77.6 Å². The Morgan fingerprint density at radius 3 is 2.64 bits per heavy atom. The van der Waals surface area contributed by atoms with Crippen molar-refractivity contribution in [3.63, 3.8) is 0 Å². The summed E-state index contributed by atoms with van der Waals surface area (Å²) in [6.45, 7) is 2.60. The van der Waals surface area contributed by atoms with Crippen LogP contribution in [0.2, 0.25) is 0 Å². The Morgan fingerprint density at radius 2 is 1.79 bits per heavy atom. The number of halogens is 3. The van der Waals surface area contributed by atoms with Crippen LogP contribution < -0.4 is 10.6 Å². The maximum Gasteiger partial charge on any atom is 0.253 e. The van der Waals surface area contributed by atoms with Gasteiger partial charge in [0.1, 0.15) is 17.7 Å². The number of benzene rings is 1. The Bertz CT molecular complexity index is 1820. The number of amides is 3. The van der Waals surface area contributed by atoms with E-state index in [-0.39, 0.29) is 44.3 Å². The zero-order chi connectivity index (χ0) is 32.9. The van der Waals surface area contributed by atoms with E-state index in [9.17, 15) is 18.8 Å². The number of pyridine rings is 2. The third-order valence-corrected chi connectivity index (χ3v) is 9.65. The smallest absolute Gasteiger partial charge is 0.253 e. The van der Waals surface area contributed by atoms with Gasteiger partial charge in [-0.15, -0.1) is 0 Å². The lowest BCUT2D eigenvalue weighted by molar-refractivity contribution is -0.140. The number of nitrogens with zero attached hydrogens (tertiary/aromatic N) is 3. The average Bonchev–Trinajstić information content (AvgIpc) is 3.57. The summed E-state index contributed by atoms with van der Waals surface area (Å²) >= 11 is 0. The van der Waals surface area contributed by atoms with Gasteiger partial charge in [-0.2, -0.15) is 0 Å². The van der Waals surface area contributed by atoms with Gasteiger partial charge in [-0.25, -0.2) is 18.2 Å². The predicted molar refractivity (Wildman–Crippen MR) is 163 cm³/mol. The van der Waals surface area contributed by atoms with Crippen LogP contribution in [0.1, 0.15) is 57.6 Å². The van der Waals surface area contributed by atoms with Crippen LogP contribution in [0.3, 0.4) is 0 Å². The van der Waals surface area contributed by atoms with Crippen molar-refractivity contribution >= 4 is 29.6 Å². The summed E-state index contributed by atoms with van der Waals surface area (Å²) in [5, 5.41) is 5.62. The van der Waals surface area contributed by atoms with Crippen LogP contribution >= 0.6 is 0 Å². The molecule has 1 aliphatic carbocycles. The summed E-state index contributed by atoms with van der Waals surface area (Å²) in [5.74, 6) is -5.23. The molecule has 1 spiro atoms. The van der Waals surface area contributed by atoms with E-state index in [1.54, 1.807) is 19.2 Å². The van der Waals surface area contributed by atoms with Gasteiger partial charge in [-0.1, -0.05) is 12.2 Å². The molecule has 3 aliphatic heterocycles. The van der Waals surface area contributed by atoms with Crippen LogP contribution in [0.5, 0.6) is 0 Å². The Morgan fingerprint density at radius 1 is 0.979 bits per heavy atom. The zero-order valence-corrected chi connectivity index (χ0v) is 25.5. The highest BCUT2D eigenvalue weighted by molar-refractivity contribution is 6.06. The lowest BCUT2D eigenvalue weighted by atomic mass is 9.79. The van der Waals surface area contributed by atoms with Gasteiger partial charge in [0.25, 0.3) is 5.91 Å². The minimum atomic E-state index is -1.33. The number of rotatable bonds is 1. The average molecular weight is 648 g/mol. The van der Waals surface area contributed by atoms with Gasteiger partial charge in [-0.3, -0.25) is 19.4 Å². The molecule has 0 unspecified atom stereocenters. The lowest BCUT2D eigenvalue weighted by Gasteiger charge is -2.43. The molecule has 1 fully saturated rings. The molecule has 0 saturated carbocycles. The fraction of sp³-hybridized carbons (Fsp3) is 0.382. The second-order valence-corrected chi connectivity index (χ2v) is 12.4. The van der Waals surface area contributed by atoms with Gasteiger partial charge in [0, 0.05) is 54.1 Å². The Balaban J connectivity index is 1.22. The van der Waals surface area contributed by atoms with Gasteiger partial charge in [-0.05, 0) is 55.2 Å². The van der Waals surface area contributed by atoms with Gasteiger partial charge in [0.15, 0.2) is 11.6 Å². The number of nitrogens with one attached hydrogen (secondary N) is 2. The van der Waals surface area contributed by atoms with Crippen molar-refractivity contribution in [1.29, 1.82) is 0 Å². The predicted octanol–water partition coefficient (Wildman–Crippen LogP) is 3.45. The highest BCUT2D eigenvalue weighted by Crippen LogP contribution is 2.46. The number of aromatic nitrogens is 2. The topological polar surface area (TPSA) is 123 Å². The largest absolute Gasteiger partial charge is 0.377 e. The third-order valence-electron chi connectivity index (χ3n) is 9.65. The van der Waals surface area contributed by atoms with Crippen LogP contribution in [0, 0.1) is 17.5 Å². The number of carbonyl (C=O) groups is 3. The van der Waals surface area contributed by atoms with Crippen LogP contribution in [0.4, 0.5) is 19.0 Å². The molecule has 244 valence electrons. The standard InChI is InChI=1S/C34H32F3N5O5/c1-18-22(28-24(35)4-5-25(36)29(28)37)13-26-32(44)42(18)6-8-47-10-9-46-7-2-3-19-11-23-30(39-16-19)41-33(45)34(23)14-20-12-21(31(43)40-26)17-38-27(20)15-34/h2-5,11-12,16-18,22,26H,6-10,13-15H2,1H3,(H,40,43)(H,39,41,45)/b3-2-/t18-,22-,26+,34+/m1/s1. The van der Waals surface area contributed by atoms with Crippen molar-refractivity contribution in [3.05, 3.63) is 93.7 Å². The second-order valence-electron chi connectivity index (χ2n) is 12.4. The first-order valence-corrected chi connectivity index (χ1v) is 15.5. The summed E-state index contributed by atoms with van der Waals surface area (Å²) in [6.07, 6.45) is 7.22. The van der Waals surface area contributed by atoms with Crippen molar-refractivity contribution in [1.82, 2.24) is 20.2 Å². The molecule has 13 heteroatoms. The van der Waals surface area contributed by atoms with Crippen LogP contribution in [0.25, 0.3) is 6.08 Å². The molecule has 3 aromatic rings. The molecule has 2 aromatic heterocycles. The second kappa shape index (κ2) is 12.2. The minimum absolute atomic E-state index is 0.0667. The number of ether oxygens (including phenoxy) is 2. The monoisotopic (exact) mass is 647 g/mol. The molecule has 3 amide bonds. The van der Waals surface area contributed by atoms with Crippen molar-refractivity contribution in [2.75, 3.05) is 38.3 Å². The molecule has 1 aromatic carbocycles. The number of hydrogen-bond acceptors (Lipinski definition) is 7. The Labute approximate surface area is 268 Å². The quantitative estimate of drug-likeness (QED) is 0.388. The summed E-state index contributed by atoms with van der Waals surface area (Å²) in [4.78, 5) is 51.1. The fourth-order valence-electron chi connectivity index (χ4n) is 7.19. The summed E-state index contributed by atoms with van der Waals surface area (Å²) < 4.78 is 55.7. The van der Waals surface area contributed by atoms with Gasteiger partial charge >= 0.3 is 0 Å². The molecule has 10 nitrogen and oxygen atoms in total. The van der Waals surface area contributed by atoms with E-state index < -0.39 is 58.2 Å². The van der Waals surface area contributed by atoms with Crippen LogP contribution in [-0.2, 0) is 37.3 Å². The van der Waals surface area contributed by atoms with E-state index in [4.69, 9.17) is 9.47 Å². The van der Waals surface area contributed by atoms with E-state index in [0.717, 1.165) is 17.2 Å². The van der Waals surface area contributed by atoms with Crippen LogP contribution in [0.15, 0.2) is 42.7 Å². The number of anilines is 1. The maximum absolute atomic E-state index is 15.0. The summed E-state index contributed by atoms with van der Waals surface area (Å²) in [6, 6.07) is 3.25. The molecule has 2 N–H and O–H groups in total.